The number of aliphatic hydroxyl groups excluding tert-OH is 1. The minimum absolute atomic E-state index is 0.0160. The number of nitrogens with two attached hydrogens (primary N) is 2. The van der Waals surface area contributed by atoms with Gasteiger partial charge in [0.25, 0.3) is 6.01 Å². The van der Waals surface area contributed by atoms with E-state index in [0.717, 1.165) is 18.4 Å². The van der Waals surface area contributed by atoms with Gasteiger partial charge in [-0.05, 0) is 31.0 Å². The monoisotopic (exact) mass is 498 g/mol. The van der Waals surface area contributed by atoms with Crippen LogP contribution in [0.3, 0.4) is 0 Å². The van der Waals surface area contributed by atoms with Gasteiger partial charge in [-0.15, -0.1) is 0 Å². The summed E-state index contributed by atoms with van der Waals surface area (Å²) in [5.74, 6) is 0.276. The molecule has 3 heterocycles. The number of nitrogens with zero attached hydrogens (tertiary/aromatic N) is 5. The van der Waals surface area contributed by atoms with Gasteiger partial charge in [0.05, 0.1) is 38.4 Å². The molecule has 4 rings (SSSR count). The van der Waals surface area contributed by atoms with E-state index >= 15 is 0 Å². The number of aryl methyl sites for hydroxylation is 1. The molecule has 13 nitrogen and oxygen atoms in total. The van der Waals surface area contributed by atoms with Crippen molar-refractivity contribution >= 4 is 39.9 Å². The highest BCUT2D eigenvalue weighted by Gasteiger charge is 2.18. The Morgan fingerprint density at radius 3 is 2.78 bits per heavy atom. The number of unbranched alkanes of at least 4 members (excludes halogenated alkanes) is 1. The van der Waals surface area contributed by atoms with E-state index in [0.29, 0.717) is 66.6 Å². The molecule has 6 N–H and O–H groups in total. The molecule has 0 saturated heterocycles. The molecule has 0 aliphatic heterocycles. The van der Waals surface area contributed by atoms with Gasteiger partial charge in [0.1, 0.15) is 23.4 Å². The van der Waals surface area contributed by atoms with E-state index in [4.69, 9.17) is 35.6 Å². The number of fused-ring (bicyclic) bond motifs is 2. The second-order valence-electron chi connectivity index (χ2n) is 8.02. The van der Waals surface area contributed by atoms with E-state index in [2.05, 4.69) is 20.3 Å². The smallest absolute Gasteiger partial charge is 0.292 e. The number of carbonyl (C=O) groups excluding carboxylic acids is 1. The molecule has 0 fully saturated rings. The van der Waals surface area contributed by atoms with Crippen molar-refractivity contribution in [2.75, 3.05) is 51.0 Å². The zero-order valence-electron chi connectivity index (χ0n) is 19.9. The van der Waals surface area contributed by atoms with Crippen LogP contribution in [0.1, 0.15) is 19.3 Å². The topological polar surface area (TPSA) is 189 Å². The van der Waals surface area contributed by atoms with Crippen LogP contribution in [0.2, 0.25) is 0 Å². The Hall–Kier alpha value is -3.81. The Labute approximate surface area is 206 Å². The van der Waals surface area contributed by atoms with Crippen LogP contribution >= 0.6 is 0 Å². The highest BCUT2D eigenvalue weighted by molar-refractivity contribution is 5.99. The van der Waals surface area contributed by atoms with Gasteiger partial charge in [-0.25, -0.2) is 14.6 Å². The third kappa shape index (κ3) is 6.24. The van der Waals surface area contributed by atoms with Crippen molar-refractivity contribution in [3.8, 4) is 11.3 Å². The molecule has 1 amide bonds. The average molecular weight is 499 g/mol. The molecular formula is C23H30N8O5. The van der Waals surface area contributed by atoms with Gasteiger partial charge in [0.2, 0.25) is 5.91 Å². The minimum Gasteiger partial charge on any atom is -0.424 e. The molecule has 4 aromatic rings. The summed E-state index contributed by atoms with van der Waals surface area (Å²) in [4.78, 5) is 24.7. The number of aliphatic hydroxyl groups is 1. The molecule has 0 unspecified atom stereocenters. The summed E-state index contributed by atoms with van der Waals surface area (Å²) < 4.78 is 17.6. The van der Waals surface area contributed by atoms with Gasteiger partial charge in [-0.3, -0.25) is 4.79 Å². The number of aromatic nitrogens is 5. The van der Waals surface area contributed by atoms with E-state index in [1.807, 2.05) is 12.1 Å². The number of hydrogen-bond acceptors (Lipinski definition) is 11. The summed E-state index contributed by atoms with van der Waals surface area (Å²) in [6.07, 6.45) is 3.24. The van der Waals surface area contributed by atoms with Crippen molar-refractivity contribution in [1.82, 2.24) is 30.0 Å². The van der Waals surface area contributed by atoms with Gasteiger partial charge in [-0.2, -0.15) is 10.1 Å². The Bertz CT molecular complexity index is 1300. The van der Waals surface area contributed by atoms with Crippen molar-refractivity contribution in [1.29, 1.82) is 0 Å². The molecule has 36 heavy (non-hydrogen) atoms. The molecule has 3 aromatic heterocycles. The van der Waals surface area contributed by atoms with Crippen LogP contribution < -0.4 is 16.8 Å². The normalized spacial score (nSPS) is 11.5. The number of anilines is 2. The van der Waals surface area contributed by atoms with E-state index in [1.54, 1.807) is 10.7 Å². The van der Waals surface area contributed by atoms with Crippen LogP contribution in [0.15, 0.2) is 28.9 Å². The van der Waals surface area contributed by atoms with Gasteiger partial charge in [0, 0.05) is 25.1 Å². The number of amides is 1. The molecule has 1 aromatic carbocycles. The minimum atomic E-state index is -0.0671. The molecule has 13 heteroatoms. The van der Waals surface area contributed by atoms with Crippen molar-refractivity contribution in [3.63, 3.8) is 0 Å². The molecule has 0 aliphatic rings. The molecule has 0 atom stereocenters. The first-order valence-electron chi connectivity index (χ1n) is 11.7. The van der Waals surface area contributed by atoms with Gasteiger partial charge < -0.3 is 35.8 Å². The van der Waals surface area contributed by atoms with E-state index < -0.39 is 0 Å². The fraction of sp³-hybridized carbons (Fsp3) is 0.435. The summed E-state index contributed by atoms with van der Waals surface area (Å²) in [5.41, 5.74) is 15.2. The number of benzene rings is 1. The summed E-state index contributed by atoms with van der Waals surface area (Å²) in [6, 6.07) is 5.60. The van der Waals surface area contributed by atoms with Crippen molar-refractivity contribution in [2.45, 2.75) is 25.8 Å². The van der Waals surface area contributed by atoms with E-state index in [-0.39, 0.29) is 31.6 Å². The maximum atomic E-state index is 12.0. The Kier molecular flexibility index (Phi) is 8.60. The zero-order valence-corrected chi connectivity index (χ0v) is 19.9. The van der Waals surface area contributed by atoms with Crippen LogP contribution in [0, 0.1) is 0 Å². The molecule has 0 radical (unpaired) electrons. The van der Waals surface area contributed by atoms with Gasteiger partial charge >= 0.3 is 0 Å². The fourth-order valence-electron chi connectivity index (χ4n) is 3.74. The number of hydrogen-bond donors (Lipinski definition) is 4. The Balaban J connectivity index is 1.30. The van der Waals surface area contributed by atoms with Crippen LogP contribution in [0.25, 0.3) is 33.4 Å². The SMILES string of the molecule is Nc1nc2cc(-c3nn(CCCCNC(=O)CCOCCOCCO)c4ncnc(N)c34)ccc2o1. The number of ether oxygens (including phenoxy) is 2. The van der Waals surface area contributed by atoms with E-state index in [9.17, 15) is 4.79 Å². The number of carbonyl (C=O) groups is 1. The lowest BCUT2D eigenvalue weighted by atomic mass is 10.1. The maximum absolute atomic E-state index is 12.0. The highest BCUT2D eigenvalue weighted by Crippen LogP contribution is 2.32. The van der Waals surface area contributed by atoms with Crippen LogP contribution in [-0.2, 0) is 20.8 Å². The quantitative estimate of drug-likeness (QED) is 0.182. The predicted molar refractivity (Wildman–Crippen MR) is 133 cm³/mol. The summed E-state index contributed by atoms with van der Waals surface area (Å²) in [5, 5.41) is 16.9. The molecule has 0 spiro atoms. The molecular weight excluding hydrogens is 468 g/mol. The first-order valence-corrected chi connectivity index (χ1v) is 11.7. The first kappa shape index (κ1) is 25.3. The van der Waals surface area contributed by atoms with Crippen LogP contribution in [-0.4, -0.2) is 75.3 Å². The number of nitrogen functional groups attached to an aromatic ring is 2. The maximum Gasteiger partial charge on any atom is 0.292 e. The standard InChI is InChI=1S/C23H30N8O5/c24-21-19-20(15-3-4-17-16(13-15)29-23(25)36-17)30-31(22(19)28-14-27-21)7-2-1-6-26-18(33)5-9-34-11-12-35-10-8-32/h3-4,13-14,32H,1-2,5-12H2,(H2,25,29)(H,26,33)(H2,24,27,28). The molecule has 0 bridgehead atoms. The van der Waals surface area contributed by atoms with Gasteiger partial charge in [0.15, 0.2) is 11.2 Å². The average Bonchev–Trinajstić information content (AvgIpc) is 3.43. The highest BCUT2D eigenvalue weighted by atomic mass is 16.5. The lowest BCUT2D eigenvalue weighted by molar-refractivity contribution is -0.122. The van der Waals surface area contributed by atoms with Gasteiger partial charge in [-0.1, -0.05) is 0 Å². The van der Waals surface area contributed by atoms with E-state index in [1.165, 1.54) is 6.33 Å². The van der Waals surface area contributed by atoms with Crippen molar-refractivity contribution in [3.05, 3.63) is 24.5 Å². The number of nitrogens with one attached hydrogen (secondary N) is 1. The third-order valence-electron chi connectivity index (χ3n) is 5.44. The number of rotatable bonds is 14. The zero-order chi connectivity index (χ0) is 25.3. The third-order valence-corrected chi connectivity index (χ3v) is 5.44. The molecule has 0 saturated carbocycles. The summed E-state index contributed by atoms with van der Waals surface area (Å²) >= 11 is 0. The van der Waals surface area contributed by atoms with Crippen molar-refractivity contribution < 1.29 is 23.8 Å². The van der Waals surface area contributed by atoms with Crippen molar-refractivity contribution in [2.24, 2.45) is 0 Å². The lowest BCUT2D eigenvalue weighted by Gasteiger charge is -2.07. The number of oxazole rings is 1. The first-order chi connectivity index (χ1) is 17.6. The lowest BCUT2D eigenvalue weighted by Crippen LogP contribution is -2.26. The Morgan fingerprint density at radius 1 is 1.11 bits per heavy atom. The second kappa shape index (κ2) is 12.2. The van der Waals surface area contributed by atoms with Crippen LogP contribution in [0.5, 0.6) is 0 Å². The summed E-state index contributed by atoms with van der Waals surface area (Å²) in [6.45, 7) is 2.52. The largest absolute Gasteiger partial charge is 0.424 e. The predicted octanol–water partition coefficient (Wildman–Crippen LogP) is 1.11. The fourth-order valence-corrected chi connectivity index (χ4v) is 3.74. The summed E-state index contributed by atoms with van der Waals surface area (Å²) in [7, 11) is 0. The Morgan fingerprint density at radius 2 is 1.94 bits per heavy atom. The second-order valence-corrected chi connectivity index (χ2v) is 8.02. The molecule has 192 valence electrons. The van der Waals surface area contributed by atoms with Crippen LogP contribution in [0.4, 0.5) is 11.8 Å². The molecule has 0 aliphatic carbocycles.